The van der Waals surface area contributed by atoms with Crippen molar-refractivity contribution in [2.45, 2.75) is 89.2 Å². The Balaban J connectivity index is 0.928. The third-order valence-corrected chi connectivity index (χ3v) is 9.57. The first kappa shape index (κ1) is 38.8. The molecule has 2 fully saturated rings. The smallest absolute Gasteiger partial charge is 0.277 e. The van der Waals surface area contributed by atoms with Crippen LogP contribution in [0, 0.1) is 13.8 Å². The molecule has 8 N–H and O–H groups in total. The third-order valence-electron chi connectivity index (χ3n) is 9.57. The third kappa shape index (κ3) is 8.08. The van der Waals surface area contributed by atoms with Gasteiger partial charge in [0.1, 0.15) is 48.0 Å². The number of aromatic nitrogens is 10. The van der Waals surface area contributed by atoms with Gasteiger partial charge in [-0.05, 0) is 25.0 Å². The average molecular weight is 779 g/mol. The first-order chi connectivity index (χ1) is 26.9. The van der Waals surface area contributed by atoms with Crippen LogP contribution in [0.4, 0.5) is 11.9 Å². The lowest BCUT2D eigenvalue weighted by molar-refractivity contribution is -0.0779. The molecule has 22 heteroatoms. The van der Waals surface area contributed by atoms with Crippen molar-refractivity contribution >= 4 is 11.9 Å². The van der Waals surface area contributed by atoms with Crippen molar-refractivity contribution in [1.82, 2.24) is 49.1 Å². The predicted octanol–water partition coefficient (Wildman–Crippen LogP) is -2.47. The Morgan fingerprint density at radius 2 is 1.07 bits per heavy atom. The summed E-state index contributed by atoms with van der Waals surface area (Å²) in [6.45, 7) is 3.00. The molecule has 0 aliphatic carbocycles. The summed E-state index contributed by atoms with van der Waals surface area (Å²) in [6.07, 6.45) is -1.72. The molecule has 0 spiro atoms. The van der Waals surface area contributed by atoms with E-state index in [1.54, 1.807) is 35.6 Å². The van der Waals surface area contributed by atoms with E-state index in [0.29, 0.717) is 35.6 Å². The number of nitrogen functional groups attached to an aromatic ring is 2. The molecule has 56 heavy (non-hydrogen) atoms. The average Bonchev–Trinajstić information content (AvgIpc) is 3.96. The highest BCUT2D eigenvalue weighted by molar-refractivity contribution is 5.24. The van der Waals surface area contributed by atoms with Gasteiger partial charge in [-0.25, -0.2) is 9.36 Å². The highest BCUT2D eigenvalue weighted by Gasteiger charge is 2.47. The van der Waals surface area contributed by atoms with Gasteiger partial charge in [0.25, 0.3) is 11.1 Å². The minimum atomic E-state index is -1.19. The number of hydrogen-bond donors (Lipinski definition) is 6. The van der Waals surface area contributed by atoms with Crippen LogP contribution in [0.15, 0.2) is 58.6 Å². The van der Waals surface area contributed by atoms with Crippen LogP contribution < -0.4 is 22.6 Å². The molecule has 298 valence electrons. The van der Waals surface area contributed by atoms with Gasteiger partial charge in [-0.15, -0.1) is 10.2 Å². The summed E-state index contributed by atoms with van der Waals surface area (Å²) < 4.78 is 29.7. The van der Waals surface area contributed by atoms with Crippen LogP contribution in [0.3, 0.4) is 0 Å². The molecule has 8 atom stereocenters. The molecule has 0 amide bonds. The van der Waals surface area contributed by atoms with E-state index in [4.69, 9.17) is 30.4 Å². The second-order valence-corrected chi connectivity index (χ2v) is 13.6. The standard InChI is InChI=1S/C34H42N12O10/c1-17-7-45(33(35)37-29(17)51)31-27(25(49)23(13-47)55-31)53-15-21-11-43(41-39-21)9-19-3-5-20(6-4-19)10-44-12-22(40-42-44)16-54-28-26(50)24(14-48)56-32(28)46-8-18(2)30(52)38-34(46)36/h3-8,11-12,23-28,31-32,47-50H,9-10,13-16H2,1-2H3,(H2,35,37,51)(H2,36,38,52)/t23-,24-,25-,26-,27-,28-,31-,32-/m1/s1. The molecule has 2 aliphatic heterocycles. The highest BCUT2D eigenvalue weighted by atomic mass is 16.6. The zero-order valence-corrected chi connectivity index (χ0v) is 30.3. The van der Waals surface area contributed by atoms with Crippen molar-refractivity contribution in [2.75, 3.05) is 24.7 Å². The van der Waals surface area contributed by atoms with E-state index < -0.39 is 73.4 Å². The number of ether oxygens (including phenoxy) is 4. The Bertz CT molecular complexity index is 2100. The number of aliphatic hydroxyl groups excluding tert-OH is 4. The minimum absolute atomic E-state index is 0.0317. The Morgan fingerprint density at radius 3 is 1.45 bits per heavy atom. The van der Waals surface area contributed by atoms with Gasteiger partial charge < -0.3 is 50.8 Å². The fourth-order valence-electron chi connectivity index (χ4n) is 6.56. The zero-order valence-electron chi connectivity index (χ0n) is 30.3. The fourth-order valence-corrected chi connectivity index (χ4v) is 6.56. The Labute approximate surface area is 317 Å². The summed E-state index contributed by atoms with van der Waals surface area (Å²) >= 11 is 0. The molecule has 7 rings (SSSR count). The molecule has 5 aromatic rings. The van der Waals surface area contributed by atoms with Crippen LogP contribution in [0.25, 0.3) is 0 Å². The van der Waals surface area contributed by atoms with Crippen LogP contribution in [0.2, 0.25) is 0 Å². The molecular formula is C34H42N12O10. The quantitative estimate of drug-likeness (QED) is 0.0681. The van der Waals surface area contributed by atoms with Crippen LogP contribution in [0.1, 0.15) is 46.1 Å². The first-order valence-corrected chi connectivity index (χ1v) is 17.6. The Kier molecular flexibility index (Phi) is 11.3. The van der Waals surface area contributed by atoms with Crippen molar-refractivity contribution in [3.8, 4) is 0 Å². The monoisotopic (exact) mass is 778 g/mol. The van der Waals surface area contributed by atoms with Crippen LogP contribution in [-0.2, 0) is 45.3 Å². The van der Waals surface area contributed by atoms with Gasteiger partial charge in [0.2, 0.25) is 11.9 Å². The van der Waals surface area contributed by atoms with Crippen molar-refractivity contribution in [3.63, 3.8) is 0 Å². The van der Waals surface area contributed by atoms with E-state index >= 15 is 0 Å². The second kappa shape index (κ2) is 16.3. The lowest BCUT2D eigenvalue weighted by Crippen LogP contribution is -2.36. The highest BCUT2D eigenvalue weighted by Crippen LogP contribution is 2.34. The van der Waals surface area contributed by atoms with Gasteiger partial charge in [-0.3, -0.25) is 18.7 Å². The molecule has 0 unspecified atom stereocenters. The van der Waals surface area contributed by atoms with Crippen LogP contribution in [-0.4, -0.2) is 119 Å². The lowest BCUT2D eigenvalue weighted by Gasteiger charge is -2.23. The van der Waals surface area contributed by atoms with Crippen LogP contribution >= 0.6 is 0 Å². The van der Waals surface area contributed by atoms with Crippen molar-refractivity contribution in [1.29, 1.82) is 0 Å². The number of benzene rings is 1. The van der Waals surface area contributed by atoms with Crippen molar-refractivity contribution in [3.05, 3.63) is 103 Å². The normalized spacial score (nSPS) is 25.0. The lowest BCUT2D eigenvalue weighted by atomic mass is 10.1. The van der Waals surface area contributed by atoms with Gasteiger partial charge in [0, 0.05) is 23.5 Å². The minimum Gasteiger partial charge on any atom is -0.394 e. The maximum absolute atomic E-state index is 11.9. The summed E-state index contributed by atoms with van der Waals surface area (Å²) in [5, 5.41) is 57.8. The number of aliphatic hydroxyl groups is 4. The summed E-state index contributed by atoms with van der Waals surface area (Å²) in [5.74, 6) is -0.237. The molecule has 22 nitrogen and oxygen atoms in total. The SMILES string of the molecule is Cc1cn([C@@H]2O[C@H](CO)[C@@H](O)[C@H]2OCc2cn(Cc3ccc(Cn4cc(CO[C@@H]5[C@H](O)[C@@H](CO)O[C@H]5n5cc(C)c(=O)nc5N)nn4)cc3)nn2)c(N)nc1=O. The first-order valence-electron chi connectivity index (χ1n) is 17.6. The molecule has 6 heterocycles. The number of anilines is 2. The summed E-state index contributed by atoms with van der Waals surface area (Å²) in [5.41, 5.74) is 14.5. The van der Waals surface area contributed by atoms with E-state index in [-0.39, 0.29) is 25.1 Å². The predicted molar refractivity (Wildman–Crippen MR) is 191 cm³/mol. The molecular weight excluding hydrogens is 736 g/mol. The van der Waals surface area contributed by atoms with E-state index in [0.717, 1.165) is 11.1 Å². The van der Waals surface area contributed by atoms with Crippen molar-refractivity contribution in [2.24, 2.45) is 0 Å². The van der Waals surface area contributed by atoms with Gasteiger partial charge in [0.05, 0.1) is 51.9 Å². The molecule has 0 radical (unpaired) electrons. The van der Waals surface area contributed by atoms with E-state index in [1.165, 1.54) is 21.5 Å². The number of nitrogens with zero attached hydrogens (tertiary/aromatic N) is 10. The number of aryl methyl sites for hydroxylation is 2. The maximum atomic E-state index is 11.9. The van der Waals surface area contributed by atoms with Gasteiger partial charge in [-0.1, -0.05) is 34.7 Å². The number of nitrogens with two attached hydrogens (primary N) is 2. The van der Waals surface area contributed by atoms with E-state index in [1.807, 2.05) is 24.3 Å². The van der Waals surface area contributed by atoms with Crippen molar-refractivity contribution < 1.29 is 39.4 Å². The summed E-state index contributed by atoms with van der Waals surface area (Å²) in [7, 11) is 0. The fraction of sp³-hybridized carbons (Fsp3) is 0.471. The van der Waals surface area contributed by atoms with Gasteiger partial charge >= 0.3 is 0 Å². The number of hydrogen-bond acceptors (Lipinski definition) is 18. The maximum Gasteiger partial charge on any atom is 0.277 e. The summed E-state index contributed by atoms with van der Waals surface area (Å²) in [4.78, 5) is 31.5. The molecule has 4 aromatic heterocycles. The van der Waals surface area contributed by atoms with E-state index in [9.17, 15) is 30.0 Å². The molecule has 0 bridgehead atoms. The summed E-state index contributed by atoms with van der Waals surface area (Å²) in [6, 6.07) is 7.79. The second-order valence-electron chi connectivity index (χ2n) is 13.6. The van der Waals surface area contributed by atoms with E-state index in [2.05, 4.69) is 30.6 Å². The topological polar surface area (TPSA) is 301 Å². The molecule has 2 saturated heterocycles. The van der Waals surface area contributed by atoms with Gasteiger partial charge in [-0.2, -0.15) is 9.97 Å². The Hall–Kier alpha value is -5.46. The zero-order chi connectivity index (χ0) is 39.7. The number of rotatable bonds is 14. The largest absolute Gasteiger partial charge is 0.394 e. The molecule has 2 aliphatic rings. The molecule has 1 aromatic carbocycles. The molecule has 0 saturated carbocycles. The Morgan fingerprint density at radius 1 is 0.679 bits per heavy atom. The van der Waals surface area contributed by atoms with Gasteiger partial charge in [0.15, 0.2) is 12.5 Å². The van der Waals surface area contributed by atoms with Crippen LogP contribution in [0.5, 0.6) is 0 Å².